The molecule has 0 amide bonds. The Hall–Kier alpha value is -1.72. The molecule has 3 aliphatic carbocycles. The van der Waals surface area contributed by atoms with E-state index in [0.29, 0.717) is 27.0 Å². The van der Waals surface area contributed by atoms with Crippen LogP contribution in [0.4, 0.5) is 0 Å². The van der Waals surface area contributed by atoms with Crippen molar-refractivity contribution in [1.29, 1.82) is 0 Å². The Bertz CT molecular complexity index is 906. The van der Waals surface area contributed by atoms with E-state index < -0.39 is 0 Å². The molecule has 2 aromatic rings. The van der Waals surface area contributed by atoms with E-state index in [0.717, 1.165) is 17.9 Å². The third-order valence-corrected chi connectivity index (χ3v) is 6.19. The van der Waals surface area contributed by atoms with Crippen LogP contribution in [0, 0.1) is 22.0 Å². The molecule has 0 aliphatic heterocycles. The third-order valence-electron chi connectivity index (χ3n) is 5.60. The van der Waals surface area contributed by atoms with Gasteiger partial charge in [-0.25, -0.2) is 5.10 Å². The predicted molar refractivity (Wildman–Crippen MR) is 99.8 cm³/mol. The van der Waals surface area contributed by atoms with Crippen molar-refractivity contribution in [2.75, 3.05) is 0 Å². The lowest BCUT2D eigenvalue weighted by atomic mass is 9.49. The Kier molecular flexibility index (Phi) is 3.73. The number of halogens is 1. The summed E-state index contributed by atoms with van der Waals surface area (Å²) in [6.45, 7) is 4.71. The molecule has 3 aliphatic rings. The summed E-state index contributed by atoms with van der Waals surface area (Å²) in [5, 5.41) is 12.4. The number of nitrogens with zero attached hydrogens (tertiary/aromatic N) is 3. The number of allylic oxidation sites excluding steroid dienone is 2. The molecule has 0 spiro atoms. The molecule has 6 heteroatoms. The number of fused-ring (bicyclic) bond motifs is 1. The van der Waals surface area contributed by atoms with Gasteiger partial charge in [-0.15, -0.1) is 0 Å². The molecule has 124 valence electrons. The van der Waals surface area contributed by atoms with Gasteiger partial charge in [0, 0.05) is 5.56 Å². The summed E-state index contributed by atoms with van der Waals surface area (Å²) in [5.74, 6) is 2.03. The molecule has 1 N–H and O–H groups in total. The predicted octanol–water partition coefficient (Wildman–Crippen LogP) is 5.09. The quantitative estimate of drug-likeness (QED) is 0.613. The highest BCUT2D eigenvalue weighted by atomic mass is 35.5. The molecule has 0 radical (unpaired) electrons. The van der Waals surface area contributed by atoms with Crippen molar-refractivity contribution in [1.82, 2.24) is 14.9 Å². The molecule has 0 saturated heterocycles. The Morgan fingerprint density at radius 2 is 2.21 bits per heavy atom. The molecule has 2 unspecified atom stereocenters. The summed E-state index contributed by atoms with van der Waals surface area (Å²) in [7, 11) is 0. The number of hydrogen-bond donors (Lipinski definition) is 1. The van der Waals surface area contributed by atoms with Crippen molar-refractivity contribution in [2.24, 2.45) is 22.4 Å². The fourth-order valence-electron chi connectivity index (χ4n) is 3.88. The highest BCUT2D eigenvalue weighted by Crippen LogP contribution is 2.58. The first-order valence-corrected chi connectivity index (χ1v) is 8.94. The minimum absolute atomic E-state index is 0.375. The smallest absolute Gasteiger partial charge is 0.216 e. The van der Waals surface area contributed by atoms with Crippen LogP contribution in [0.2, 0.25) is 5.02 Å². The van der Waals surface area contributed by atoms with E-state index in [9.17, 15) is 0 Å². The molecule has 4 nitrogen and oxygen atoms in total. The van der Waals surface area contributed by atoms with Crippen molar-refractivity contribution >= 4 is 30.0 Å². The summed E-state index contributed by atoms with van der Waals surface area (Å²) in [4.78, 5) is 0. The first-order valence-electron chi connectivity index (χ1n) is 8.15. The number of rotatable bonds is 3. The molecule has 2 bridgehead atoms. The van der Waals surface area contributed by atoms with Crippen molar-refractivity contribution in [3.05, 3.63) is 45.7 Å². The Balaban J connectivity index is 1.69. The van der Waals surface area contributed by atoms with Gasteiger partial charge in [-0.1, -0.05) is 43.7 Å². The van der Waals surface area contributed by atoms with E-state index >= 15 is 0 Å². The van der Waals surface area contributed by atoms with Crippen LogP contribution in [0.1, 0.15) is 26.7 Å². The first-order chi connectivity index (χ1) is 11.5. The molecular weight excluding hydrogens is 340 g/mol. The second-order valence-electron chi connectivity index (χ2n) is 7.13. The molecule has 1 aromatic heterocycles. The van der Waals surface area contributed by atoms with E-state index in [-0.39, 0.29) is 0 Å². The van der Waals surface area contributed by atoms with E-state index in [1.54, 1.807) is 4.68 Å². The average Bonchev–Trinajstić information content (AvgIpc) is 2.94. The summed E-state index contributed by atoms with van der Waals surface area (Å²) in [5.41, 5.74) is 2.49. The number of aromatic nitrogens is 3. The highest BCUT2D eigenvalue weighted by molar-refractivity contribution is 7.71. The van der Waals surface area contributed by atoms with Crippen LogP contribution in [-0.4, -0.2) is 21.1 Å². The van der Waals surface area contributed by atoms with Gasteiger partial charge in [-0.2, -0.15) is 14.9 Å². The lowest BCUT2D eigenvalue weighted by Gasteiger charge is -2.55. The molecular formula is C18H19ClN4S. The molecule has 1 saturated carbocycles. The topological polar surface area (TPSA) is 46.0 Å². The van der Waals surface area contributed by atoms with Gasteiger partial charge in [-0.05, 0) is 60.0 Å². The van der Waals surface area contributed by atoms with Gasteiger partial charge in [0.05, 0.1) is 11.2 Å². The van der Waals surface area contributed by atoms with Gasteiger partial charge >= 0.3 is 0 Å². The van der Waals surface area contributed by atoms with Crippen LogP contribution in [-0.2, 0) is 0 Å². The first kappa shape index (κ1) is 15.8. The minimum Gasteiger partial charge on any atom is -0.250 e. The lowest BCUT2D eigenvalue weighted by molar-refractivity contribution is -0.00126. The van der Waals surface area contributed by atoms with Gasteiger partial charge in [0.2, 0.25) is 4.77 Å². The lowest BCUT2D eigenvalue weighted by Crippen LogP contribution is -2.48. The van der Waals surface area contributed by atoms with Gasteiger partial charge in [0.15, 0.2) is 5.82 Å². The van der Waals surface area contributed by atoms with Crippen LogP contribution in [0.5, 0.6) is 0 Å². The maximum Gasteiger partial charge on any atom is 0.216 e. The van der Waals surface area contributed by atoms with Gasteiger partial charge in [0.1, 0.15) is 0 Å². The van der Waals surface area contributed by atoms with Crippen LogP contribution in [0.3, 0.4) is 0 Å². The molecule has 1 heterocycles. The monoisotopic (exact) mass is 358 g/mol. The Morgan fingerprint density at radius 1 is 1.42 bits per heavy atom. The van der Waals surface area contributed by atoms with Crippen LogP contribution in [0.15, 0.2) is 41.0 Å². The number of H-pyrrole nitrogens is 1. The Morgan fingerprint density at radius 3 is 2.92 bits per heavy atom. The van der Waals surface area contributed by atoms with E-state index in [1.165, 1.54) is 12.0 Å². The Labute approximate surface area is 151 Å². The second kappa shape index (κ2) is 5.67. The van der Waals surface area contributed by atoms with E-state index in [1.807, 2.05) is 30.5 Å². The standard InChI is InChI=1S/C18H19ClN4S/c1-18(2)12-8-7-11(14(18)9-12)10-20-23-16(21-22-17(23)24)13-5-3-4-6-15(13)19/h3-7,10,12,14H,8-9H2,1-2H3,(H,22,24). The molecule has 2 atom stereocenters. The summed E-state index contributed by atoms with van der Waals surface area (Å²) in [6.07, 6.45) is 6.65. The maximum atomic E-state index is 6.29. The van der Waals surface area contributed by atoms with Gasteiger partial charge in [-0.3, -0.25) is 0 Å². The summed E-state index contributed by atoms with van der Waals surface area (Å²) >= 11 is 11.6. The van der Waals surface area contributed by atoms with Crippen molar-refractivity contribution in [3.63, 3.8) is 0 Å². The zero-order chi connectivity index (χ0) is 16.9. The summed E-state index contributed by atoms with van der Waals surface area (Å²) < 4.78 is 2.11. The number of benzene rings is 1. The van der Waals surface area contributed by atoms with E-state index in [4.69, 9.17) is 23.8 Å². The van der Waals surface area contributed by atoms with Crippen molar-refractivity contribution < 1.29 is 0 Å². The van der Waals surface area contributed by atoms with Gasteiger partial charge in [0.25, 0.3) is 0 Å². The average molecular weight is 359 g/mol. The fourth-order valence-corrected chi connectivity index (χ4v) is 4.28. The van der Waals surface area contributed by atoms with E-state index in [2.05, 4.69) is 35.2 Å². The normalized spacial score (nSPS) is 24.7. The van der Waals surface area contributed by atoms with Crippen molar-refractivity contribution in [3.8, 4) is 11.4 Å². The minimum atomic E-state index is 0.375. The van der Waals surface area contributed by atoms with Gasteiger partial charge < -0.3 is 0 Å². The molecule has 1 aromatic carbocycles. The number of aromatic amines is 1. The molecule has 24 heavy (non-hydrogen) atoms. The zero-order valence-corrected chi connectivity index (χ0v) is 15.2. The molecule has 5 rings (SSSR count). The van der Waals surface area contributed by atoms with Crippen LogP contribution < -0.4 is 0 Å². The zero-order valence-electron chi connectivity index (χ0n) is 13.7. The highest BCUT2D eigenvalue weighted by Gasteiger charge is 2.50. The van der Waals surface area contributed by atoms with Crippen LogP contribution >= 0.6 is 23.8 Å². The largest absolute Gasteiger partial charge is 0.250 e. The summed E-state index contributed by atoms with van der Waals surface area (Å²) in [6, 6.07) is 7.57. The number of hydrogen-bond acceptors (Lipinski definition) is 3. The third kappa shape index (κ3) is 2.38. The maximum absolute atomic E-state index is 6.29. The molecule has 1 fully saturated rings. The second-order valence-corrected chi connectivity index (χ2v) is 7.93. The van der Waals surface area contributed by atoms with Crippen LogP contribution in [0.25, 0.3) is 11.4 Å². The fraction of sp³-hybridized carbons (Fsp3) is 0.389. The van der Waals surface area contributed by atoms with Crippen molar-refractivity contribution in [2.45, 2.75) is 26.7 Å². The SMILES string of the molecule is CC1(C)C2CC=C(C=Nn3c(-c4ccccc4Cl)n[nH]c3=S)C1C2. The number of nitrogens with one attached hydrogen (secondary N) is 1.